The van der Waals surface area contributed by atoms with Gasteiger partial charge in [0.15, 0.2) is 0 Å². The first-order valence-electron chi connectivity index (χ1n) is 7.10. The van der Waals surface area contributed by atoms with Crippen LogP contribution in [-0.4, -0.2) is 18.2 Å². The summed E-state index contributed by atoms with van der Waals surface area (Å²) in [6, 6.07) is 0.399. The molecule has 2 heteroatoms. The van der Waals surface area contributed by atoms with Crippen LogP contribution in [0.5, 0.6) is 0 Å². The van der Waals surface area contributed by atoms with E-state index in [1.165, 1.54) is 44.9 Å². The molecule has 1 aliphatic carbocycles. The molecule has 0 radical (unpaired) electrons. The van der Waals surface area contributed by atoms with Crippen LogP contribution >= 0.6 is 0 Å². The molecule has 2 atom stereocenters. The molecule has 94 valence electrons. The third kappa shape index (κ3) is 2.28. The van der Waals surface area contributed by atoms with Gasteiger partial charge in [-0.1, -0.05) is 26.7 Å². The van der Waals surface area contributed by atoms with E-state index in [0.717, 1.165) is 6.61 Å². The lowest BCUT2D eigenvalue weighted by Crippen LogP contribution is -2.50. The normalized spacial score (nSPS) is 30.4. The summed E-state index contributed by atoms with van der Waals surface area (Å²) in [5.41, 5.74) is 6.71. The molecule has 2 aliphatic rings. The van der Waals surface area contributed by atoms with Crippen molar-refractivity contribution < 1.29 is 4.74 Å². The van der Waals surface area contributed by atoms with Gasteiger partial charge in [-0.25, -0.2) is 0 Å². The average Bonchev–Trinajstić information content (AvgIpc) is 2.28. The average molecular weight is 225 g/mol. The Kier molecular flexibility index (Phi) is 3.91. The summed E-state index contributed by atoms with van der Waals surface area (Å²) in [4.78, 5) is 0. The number of hydrogen-bond donors (Lipinski definition) is 1. The predicted molar refractivity (Wildman–Crippen MR) is 67.3 cm³/mol. The fourth-order valence-electron chi connectivity index (χ4n) is 3.53. The fraction of sp³-hybridized carbons (Fsp3) is 1.00. The molecule has 2 rings (SSSR count). The summed E-state index contributed by atoms with van der Waals surface area (Å²) in [6.45, 7) is 5.48. The minimum atomic E-state index is 0.257. The second-order valence-electron chi connectivity index (χ2n) is 5.79. The monoisotopic (exact) mass is 225 g/mol. The summed E-state index contributed by atoms with van der Waals surface area (Å²) in [5, 5.41) is 0. The van der Waals surface area contributed by atoms with E-state index in [4.69, 9.17) is 10.5 Å². The highest BCUT2D eigenvalue weighted by atomic mass is 16.5. The Morgan fingerprint density at radius 3 is 2.50 bits per heavy atom. The van der Waals surface area contributed by atoms with Crippen molar-refractivity contribution >= 4 is 0 Å². The van der Waals surface area contributed by atoms with Crippen molar-refractivity contribution in [2.45, 2.75) is 70.4 Å². The lowest BCUT2D eigenvalue weighted by atomic mass is 9.68. The molecule has 0 amide bonds. The molecule has 1 spiro atoms. The van der Waals surface area contributed by atoms with E-state index in [2.05, 4.69) is 13.8 Å². The van der Waals surface area contributed by atoms with Gasteiger partial charge in [-0.3, -0.25) is 0 Å². The zero-order valence-electron chi connectivity index (χ0n) is 10.9. The molecule has 1 heterocycles. The standard InChI is InChI=1S/C14H27NO/c1-3-11(4-2)13(15)12-6-9-16-14(10-12)7-5-8-14/h11-13H,3-10,15H2,1-2H3. The van der Waals surface area contributed by atoms with Crippen LogP contribution in [0.2, 0.25) is 0 Å². The van der Waals surface area contributed by atoms with E-state index < -0.39 is 0 Å². The first kappa shape index (κ1) is 12.4. The second-order valence-corrected chi connectivity index (χ2v) is 5.79. The van der Waals surface area contributed by atoms with E-state index in [-0.39, 0.29) is 5.60 Å². The molecule has 2 fully saturated rings. The largest absolute Gasteiger partial charge is 0.375 e. The van der Waals surface area contributed by atoms with Gasteiger partial charge in [-0.05, 0) is 43.9 Å². The zero-order chi connectivity index (χ0) is 11.6. The highest BCUT2D eigenvalue weighted by molar-refractivity contribution is 4.96. The second kappa shape index (κ2) is 5.05. The molecule has 1 saturated heterocycles. The maximum Gasteiger partial charge on any atom is 0.0685 e. The third-order valence-corrected chi connectivity index (χ3v) is 4.93. The first-order chi connectivity index (χ1) is 7.71. The Hall–Kier alpha value is -0.0800. The van der Waals surface area contributed by atoms with Crippen molar-refractivity contribution in [1.82, 2.24) is 0 Å². The van der Waals surface area contributed by atoms with Gasteiger partial charge in [0.2, 0.25) is 0 Å². The number of rotatable bonds is 4. The van der Waals surface area contributed by atoms with Crippen molar-refractivity contribution in [2.75, 3.05) is 6.61 Å². The highest BCUT2D eigenvalue weighted by Crippen LogP contribution is 2.45. The fourth-order valence-corrected chi connectivity index (χ4v) is 3.53. The van der Waals surface area contributed by atoms with Gasteiger partial charge in [-0.2, -0.15) is 0 Å². The van der Waals surface area contributed by atoms with Crippen molar-refractivity contribution in [1.29, 1.82) is 0 Å². The zero-order valence-corrected chi connectivity index (χ0v) is 10.9. The quantitative estimate of drug-likeness (QED) is 0.798. The van der Waals surface area contributed by atoms with E-state index in [1.54, 1.807) is 0 Å². The molecule has 2 N–H and O–H groups in total. The lowest BCUT2D eigenvalue weighted by molar-refractivity contribution is -0.147. The Labute approximate surface area is 99.9 Å². The summed E-state index contributed by atoms with van der Waals surface area (Å²) in [6.07, 6.45) is 8.76. The summed E-state index contributed by atoms with van der Waals surface area (Å²) < 4.78 is 5.97. The van der Waals surface area contributed by atoms with Gasteiger partial charge in [0, 0.05) is 12.6 Å². The van der Waals surface area contributed by atoms with E-state index >= 15 is 0 Å². The maximum atomic E-state index is 6.46. The highest BCUT2D eigenvalue weighted by Gasteiger charge is 2.44. The minimum absolute atomic E-state index is 0.257. The summed E-state index contributed by atoms with van der Waals surface area (Å²) >= 11 is 0. The molecule has 2 unspecified atom stereocenters. The Bertz CT molecular complexity index is 221. The molecular weight excluding hydrogens is 198 g/mol. The SMILES string of the molecule is CCC(CC)C(N)C1CCOC2(CCC2)C1. The molecule has 0 bridgehead atoms. The van der Waals surface area contributed by atoms with Gasteiger partial charge in [0.1, 0.15) is 0 Å². The van der Waals surface area contributed by atoms with Crippen molar-refractivity contribution in [2.24, 2.45) is 17.6 Å². The molecular formula is C14H27NO. The number of hydrogen-bond acceptors (Lipinski definition) is 2. The number of ether oxygens (including phenoxy) is 1. The molecule has 1 saturated carbocycles. The van der Waals surface area contributed by atoms with Gasteiger partial charge in [-0.15, -0.1) is 0 Å². The van der Waals surface area contributed by atoms with Crippen LogP contribution < -0.4 is 5.73 Å². The molecule has 0 aromatic carbocycles. The van der Waals surface area contributed by atoms with Crippen LogP contribution in [0.25, 0.3) is 0 Å². The topological polar surface area (TPSA) is 35.2 Å². The Morgan fingerprint density at radius 1 is 1.31 bits per heavy atom. The van der Waals surface area contributed by atoms with Crippen LogP contribution in [0.3, 0.4) is 0 Å². The van der Waals surface area contributed by atoms with Gasteiger partial charge in [0.25, 0.3) is 0 Å². The summed E-state index contributed by atoms with van der Waals surface area (Å²) in [5.74, 6) is 1.42. The maximum absolute atomic E-state index is 6.46. The smallest absolute Gasteiger partial charge is 0.0685 e. The van der Waals surface area contributed by atoms with Crippen molar-refractivity contribution in [3.8, 4) is 0 Å². The molecule has 16 heavy (non-hydrogen) atoms. The van der Waals surface area contributed by atoms with E-state index in [9.17, 15) is 0 Å². The molecule has 0 aromatic heterocycles. The van der Waals surface area contributed by atoms with Crippen molar-refractivity contribution in [3.05, 3.63) is 0 Å². The van der Waals surface area contributed by atoms with Crippen LogP contribution in [0.1, 0.15) is 58.8 Å². The van der Waals surface area contributed by atoms with E-state index in [0.29, 0.717) is 17.9 Å². The predicted octanol–water partition coefficient (Wildman–Crippen LogP) is 3.10. The van der Waals surface area contributed by atoms with Crippen LogP contribution in [0.15, 0.2) is 0 Å². The third-order valence-electron chi connectivity index (χ3n) is 4.93. The first-order valence-corrected chi connectivity index (χ1v) is 7.10. The van der Waals surface area contributed by atoms with Crippen LogP contribution in [0.4, 0.5) is 0 Å². The molecule has 0 aromatic rings. The number of nitrogens with two attached hydrogens (primary N) is 1. The molecule has 2 nitrogen and oxygen atoms in total. The van der Waals surface area contributed by atoms with Gasteiger partial charge >= 0.3 is 0 Å². The van der Waals surface area contributed by atoms with Crippen molar-refractivity contribution in [3.63, 3.8) is 0 Å². The van der Waals surface area contributed by atoms with Gasteiger partial charge < -0.3 is 10.5 Å². The molecule has 1 aliphatic heterocycles. The lowest BCUT2D eigenvalue weighted by Gasteiger charge is -2.49. The summed E-state index contributed by atoms with van der Waals surface area (Å²) in [7, 11) is 0. The minimum Gasteiger partial charge on any atom is -0.375 e. The Balaban J connectivity index is 1.92. The van der Waals surface area contributed by atoms with Crippen LogP contribution in [0, 0.1) is 11.8 Å². The van der Waals surface area contributed by atoms with E-state index in [1.807, 2.05) is 0 Å². The van der Waals surface area contributed by atoms with Gasteiger partial charge in [0.05, 0.1) is 5.60 Å². The Morgan fingerprint density at radius 2 is 2.00 bits per heavy atom. The van der Waals surface area contributed by atoms with Crippen LogP contribution in [-0.2, 0) is 4.74 Å².